The number of carbonyl (C=O) groups is 2. The molecule has 1 unspecified atom stereocenters. The third-order valence-electron chi connectivity index (χ3n) is 3.98. The highest BCUT2D eigenvalue weighted by Crippen LogP contribution is 2.24. The number of carboxylic acid groups (broad SMARTS) is 1. The van der Waals surface area contributed by atoms with Crippen LogP contribution in [0.25, 0.3) is 0 Å². The number of amides is 1. The number of carboxylic acids is 1. The van der Waals surface area contributed by atoms with Gasteiger partial charge in [0, 0.05) is 13.0 Å². The van der Waals surface area contributed by atoms with E-state index in [0.29, 0.717) is 23.6 Å². The number of nitrogens with zero attached hydrogens (tertiary/aromatic N) is 2. The molecule has 1 N–H and O–H groups in total. The number of hydrogen-bond acceptors (Lipinski definition) is 5. The zero-order valence-corrected chi connectivity index (χ0v) is 14.4. The van der Waals surface area contributed by atoms with Gasteiger partial charge in [0.05, 0.1) is 23.9 Å². The maximum absolute atomic E-state index is 13.0. The maximum atomic E-state index is 13.0. The third-order valence-corrected chi connectivity index (χ3v) is 5.12. The predicted octanol–water partition coefficient (Wildman–Crippen LogP) is 2.11. The topological polar surface area (TPSA) is 79.7 Å². The quantitative estimate of drug-likeness (QED) is 0.899. The Morgan fingerprint density at radius 1 is 1.40 bits per heavy atom. The lowest BCUT2D eigenvalue weighted by atomic mass is 10.1. The summed E-state index contributed by atoms with van der Waals surface area (Å²) in [5, 5.41) is 10.0. The summed E-state index contributed by atoms with van der Waals surface area (Å²) < 4.78 is 18.2. The van der Waals surface area contributed by atoms with Crippen LogP contribution in [0, 0.1) is 12.7 Å². The van der Waals surface area contributed by atoms with Gasteiger partial charge in [-0.15, -0.1) is 11.3 Å². The van der Waals surface area contributed by atoms with Gasteiger partial charge in [-0.2, -0.15) is 0 Å². The van der Waals surface area contributed by atoms with Crippen LogP contribution in [0.15, 0.2) is 24.3 Å². The fourth-order valence-corrected chi connectivity index (χ4v) is 3.74. The van der Waals surface area contributed by atoms with E-state index in [9.17, 15) is 19.1 Å². The summed E-state index contributed by atoms with van der Waals surface area (Å²) >= 11 is 1.24. The highest BCUT2D eigenvalue weighted by atomic mass is 32.1. The van der Waals surface area contributed by atoms with Crippen LogP contribution in [0.2, 0.25) is 0 Å². The van der Waals surface area contributed by atoms with Gasteiger partial charge in [0.1, 0.15) is 10.7 Å². The number of thiazole rings is 1. The first kappa shape index (κ1) is 17.5. The van der Waals surface area contributed by atoms with E-state index < -0.39 is 12.0 Å². The fraction of sp³-hybridized carbons (Fsp3) is 0.353. The SMILES string of the molecule is Cc1nc(Cc2ccc(F)cc2)sc1C(=O)N1CCOCC1C(=O)O. The first-order valence-electron chi connectivity index (χ1n) is 7.78. The largest absolute Gasteiger partial charge is 0.480 e. The molecule has 1 aromatic heterocycles. The lowest BCUT2D eigenvalue weighted by molar-refractivity contribution is -0.147. The molecule has 0 saturated carbocycles. The zero-order valence-electron chi connectivity index (χ0n) is 13.6. The molecule has 1 aromatic carbocycles. The second-order valence-electron chi connectivity index (χ2n) is 5.75. The Hall–Kier alpha value is -2.32. The van der Waals surface area contributed by atoms with Gasteiger partial charge in [-0.3, -0.25) is 4.79 Å². The molecule has 0 spiro atoms. The normalized spacial score (nSPS) is 17.5. The number of morpholine rings is 1. The number of benzene rings is 1. The Labute approximate surface area is 147 Å². The van der Waals surface area contributed by atoms with Crippen LogP contribution in [-0.4, -0.2) is 52.7 Å². The molecule has 1 amide bonds. The molecule has 0 radical (unpaired) electrons. The van der Waals surface area contributed by atoms with Gasteiger partial charge in [-0.1, -0.05) is 12.1 Å². The van der Waals surface area contributed by atoms with Crippen LogP contribution in [0.1, 0.15) is 25.9 Å². The van der Waals surface area contributed by atoms with Crippen LogP contribution in [-0.2, 0) is 16.0 Å². The van der Waals surface area contributed by atoms with E-state index in [4.69, 9.17) is 4.74 Å². The molecule has 1 fully saturated rings. The number of aromatic nitrogens is 1. The predicted molar refractivity (Wildman–Crippen MR) is 89.3 cm³/mol. The minimum absolute atomic E-state index is 0.0125. The summed E-state index contributed by atoms with van der Waals surface area (Å²) in [4.78, 5) is 30.3. The first-order chi connectivity index (χ1) is 12.0. The molecule has 1 aliphatic heterocycles. The van der Waals surface area contributed by atoms with Gasteiger partial charge in [0.15, 0.2) is 6.04 Å². The van der Waals surface area contributed by atoms with Gasteiger partial charge >= 0.3 is 5.97 Å². The molecule has 0 bridgehead atoms. The average Bonchev–Trinajstić information content (AvgIpc) is 2.96. The highest BCUT2D eigenvalue weighted by Gasteiger charge is 2.34. The molecule has 6 nitrogen and oxygen atoms in total. The van der Waals surface area contributed by atoms with E-state index in [1.54, 1.807) is 19.1 Å². The van der Waals surface area contributed by atoms with Crippen LogP contribution in [0.3, 0.4) is 0 Å². The van der Waals surface area contributed by atoms with Crippen molar-refractivity contribution in [2.75, 3.05) is 19.8 Å². The lowest BCUT2D eigenvalue weighted by Gasteiger charge is -2.32. The van der Waals surface area contributed by atoms with Gasteiger partial charge in [0.25, 0.3) is 5.91 Å². The molecule has 132 valence electrons. The van der Waals surface area contributed by atoms with Gasteiger partial charge in [-0.05, 0) is 24.6 Å². The number of ether oxygens (including phenoxy) is 1. The number of carbonyl (C=O) groups excluding carboxylic acids is 1. The Morgan fingerprint density at radius 3 is 2.80 bits per heavy atom. The van der Waals surface area contributed by atoms with E-state index >= 15 is 0 Å². The smallest absolute Gasteiger partial charge is 0.328 e. The van der Waals surface area contributed by atoms with Crippen molar-refractivity contribution in [2.24, 2.45) is 0 Å². The van der Waals surface area contributed by atoms with Crippen molar-refractivity contribution in [3.05, 3.63) is 51.2 Å². The van der Waals surface area contributed by atoms with Crippen molar-refractivity contribution < 1.29 is 23.8 Å². The van der Waals surface area contributed by atoms with E-state index in [1.165, 1.54) is 28.4 Å². The molecule has 2 heterocycles. The van der Waals surface area contributed by atoms with E-state index in [2.05, 4.69) is 4.98 Å². The summed E-state index contributed by atoms with van der Waals surface area (Å²) in [5.41, 5.74) is 1.46. The van der Waals surface area contributed by atoms with Crippen molar-refractivity contribution in [1.82, 2.24) is 9.88 Å². The molecule has 0 aliphatic carbocycles. The minimum Gasteiger partial charge on any atom is -0.480 e. The van der Waals surface area contributed by atoms with Crippen LogP contribution in [0.4, 0.5) is 4.39 Å². The van der Waals surface area contributed by atoms with Gasteiger partial charge in [0.2, 0.25) is 0 Å². The summed E-state index contributed by atoms with van der Waals surface area (Å²) in [6, 6.07) is 5.13. The molecular formula is C17H17FN2O4S. The zero-order chi connectivity index (χ0) is 18.0. The van der Waals surface area contributed by atoms with Crippen molar-refractivity contribution >= 4 is 23.2 Å². The number of aryl methyl sites for hydroxylation is 1. The maximum Gasteiger partial charge on any atom is 0.328 e. The van der Waals surface area contributed by atoms with Crippen molar-refractivity contribution in [1.29, 1.82) is 0 Å². The molecule has 3 rings (SSSR count). The molecule has 1 saturated heterocycles. The standard InChI is InChI=1S/C17H17FN2O4S/c1-10-15(16(21)20-6-7-24-9-13(20)17(22)23)25-14(19-10)8-11-2-4-12(18)5-3-11/h2-5,13H,6-9H2,1H3,(H,22,23). The summed E-state index contributed by atoms with van der Waals surface area (Å²) in [5.74, 6) is -1.72. The van der Waals surface area contributed by atoms with E-state index in [1.807, 2.05) is 0 Å². The minimum atomic E-state index is -1.08. The summed E-state index contributed by atoms with van der Waals surface area (Å²) in [6.45, 7) is 2.27. The average molecular weight is 364 g/mol. The first-order valence-corrected chi connectivity index (χ1v) is 8.59. The fourth-order valence-electron chi connectivity index (χ4n) is 2.68. The van der Waals surface area contributed by atoms with Crippen LogP contribution < -0.4 is 0 Å². The third kappa shape index (κ3) is 3.85. The van der Waals surface area contributed by atoms with Crippen LogP contribution >= 0.6 is 11.3 Å². The molecule has 25 heavy (non-hydrogen) atoms. The molecular weight excluding hydrogens is 347 g/mol. The van der Waals surface area contributed by atoms with E-state index in [0.717, 1.165) is 10.6 Å². The number of hydrogen-bond donors (Lipinski definition) is 1. The van der Waals surface area contributed by atoms with Gasteiger partial charge < -0.3 is 14.7 Å². The Bertz CT molecular complexity index is 790. The van der Waals surface area contributed by atoms with Gasteiger partial charge in [-0.25, -0.2) is 14.2 Å². The van der Waals surface area contributed by atoms with Crippen molar-refractivity contribution in [3.8, 4) is 0 Å². The lowest BCUT2D eigenvalue weighted by Crippen LogP contribution is -2.52. The van der Waals surface area contributed by atoms with E-state index in [-0.39, 0.29) is 24.9 Å². The number of rotatable bonds is 4. The molecule has 2 aromatic rings. The highest BCUT2D eigenvalue weighted by molar-refractivity contribution is 7.13. The molecule has 8 heteroatoms. The number of halogens is 1. The second-order valence-corrected chi connectivity index (χ2v) is 6.84. The van der Waals surface area contributed by atoms with Crippen molar-refractivity contribution in [3.63, 3.8) is 0 Å². The molecule has 1 aliphatic rings. The Balaban J connectivity index is 1.80. The molecule has 1 atom stereocenters. The number of aliphatic carboxylic acids is 1. The van der Waals surface area contributed by atoms with Crippen molar-refractivity contribution in [2.45, 2.75) is 19.4 Å². The second kappa shape index (κ2) is 7.28. The Kier molecular flexibility index (Phi) is 5.10. The monoisotopic (exact) mass is 364 g/mol. The Morgan fingerprint density at radius 2 is 2.12 bits per heavy atom. The summed E-state index contributed by atoms with van der Waals surface area (Å²) in [7, 11) is 0. The van der Waals surface area contributed by atoms with Crippen LogP contribution in [0.5, 0.6) is 0 Å². The summed E-state index contributed by atoms with van der Waals surface area (Å²) in [6.07, 6.45) is 0.491.